The van der Waals surface area contributed by atoms with Gasteiger partial charge in [-0.25, -0.2) is 0 Å². The molecule has 2 rings (SSSR count). The van der Waals surface area contributed by atoms with E-state index in [1.54, 1.807) is 0 Å². The minimum atomic E-state index is 0.0526. The third-order valence-corrected chi connectivity index (χ3v) is 6.73. The normalized spacial score (nSPS) is 46.0. The third-order valence-electron chi connectivity index (χ3n) is 4.81. The van der Waals surface area contributed by atoms with Crippen LogP contribution < -0.4 is 0 Å². The molecule has 3 heteroatoms. The molecular formula is C15H28O2S. The SMILES string of the molecule is CC[C@H]1SC(OC2CCCCO2)[C@H](C)[C@@H](C)[C@@H]1C. The van der Waals surface area contributed by atoms with Crippen molar-refractivity contribution in [1.82, 2.24) is 0 Å². The highest BCUT2D eigenvalue weighted by molar-refractivity contribution is 8.00. The first-order valence-corrected chi connectivity index (χ1v) is 8.50. The summed E-state index contributed by atoms with van der Waals surface area (Å²) in [5.74, 6) is 2.16. The quantitative estimate of drug-likeness (QED) is 0.763. The van der Waals surface area contributed by atoms with Crippen LogP contribution in [0.15, 0.2) is 0 Å². The van der Waals surface area contributed by atoms with Crippen molar-refractivity contribution in [2.45, 2.75) is 70.4 Å². The van der Waals surface area contributed by atoms with E-state index in [9.17, 15) is 0 Å². The van der Waals surface area contributed by atoms with Crippen molar-refractivity contribution in [3.8, 4) is 0 Å². The van der Waals surface area contributed by atoms with E-state index in [-0.39, 0.29) is 6.29 Å². The van der Waals surface area contributed by atoms with Crippen LogP contribution in [0, 0.1) is 17.8 Å². The summed E-state index contributed by atoms with van der Waals surface area (Å²) < 4.78 is 12.0. The second-order valence-corrected chi connectivity index (χ2v) is 7.30. The van der Waals surface area contributed by atoms with Gasteiger partial charge in [0.2, 0.25) is 0 Å². The molecule has 18 heavy (non-hydrogen) atoms. The van der Waals surface area contributed by atoms with Crippen LogP contribution >= 0.6 is 11.8 Å². The molecule has 0 aromatic carbocycles. The van der Waals surface area contributed by atoms with Gasteiger partial charge >= 0.3 is 0 Å². The highest BCUT2D eigenvalue weighted by Crippen LogP contribution is 2.45. The van der Waals surface area contributed by atoms with E-state index in [1.807, 2.05) is 11.8 Å². The Bertz CT molecular complexity index is 251. The average molecular weight is 272 g/mol. The monoisotopic (exact) mass is 272 g/mol. The Morgan fingerprint density at radius 2 is 1.89 bits per heavy atom. The lowest BCUT2D eigenvalue weighted by Gasteiger charge is -2.44. The second kappa shape index (κ2) is 6.62. The average Bonchev–Trinajstić information content (AvgIpc) is 2.40. The minimum Gasteiger partial charge on any atom is -0.353 e. The van der Waals surface area contributed by atoms with Crippen LogP contribution in [-0.2, 0) is 9.47 Å². The topological polar surface area (TPSA) is 18.5 Å². The number of ether oxygens (including phenoxy) is 2. The molecule has 0 aromatic heterocycles. The Balaban J connectivity index is 1.93. The summed E-state index contributed by atoms with van der Waals surface area (Å²) >= 11 is 2.04. The first-order valence-electron chi connectivity index (χ1n) is 7.56. The largest absolute Gasteiger partial charge is 0.353 e. The molecule has 0 spiro atoms. The summed E-state index contributed by atoms with van der Waals surface area (Å²) in [4.78, 5) is 0. The first kappa shape index (κ1) is 14.7. The van der Waals surface area contributed by atoms with Crippen LogP contribution in [-0.4, -0.2) is 23.6 Å². The Hall–Kier alpha value is 0.270. The lowest BCUT2D eigenvalue weighted by Crippen LogP contribution is -2.41. The Morgan fingerprint density at radius 1 is 1.11 bits per heavy atom. The molecule has 0 amide bonds. The zero-order valence-corrected chi connectivity index (χ0v) is 13.0. The molecule has 0 aromatic rings. The van der Waals surface area contributed by atoms with Gasteiger partial charge in [0.05, 0.1) is 0 Å². The fourth-order valence-electron chi connectivity index (χ4n) is 3.08. The van der Waals surface area contributed by atoms with Gasteiger partial charge in [-0.1, -0.05) is 27.7 Å². The van der Waals surface area contributed by atoms with Crippen molar-refractivity contribution in [3.63, 3.8) is 0 Å². The van der Waals surface area contributed by atoms with E-state index >= 15 is 0 Å². The predicted octanol–water partition coefficient (Wildman–Crippen LogP) is 4.29. The molecule has 2 unspecified atom stereocenters. The molecule has 0 bridgehead atoms. The Labute approximate surface area is 116 Å². The van der Waals surface area contributed by atoms with Gasteiger partial charge in [-0.05, 0) is 43.4 Å². The van der Waals surface area contributed by atoms with E-state index in [4.69, 9.17) is 9.47 Å². The van der Waals surface area contributed by atoms with E-state index in [1.165, 1.54) is 19.3 Å². The van der Waals surface area contributed by atoms with Crippen LogP contribution in [0.5, 0.6) is 0 Å². The van der Waals surface area contributed by atoms with Gasteiger partial charge in [-0.15, -0.1) is 11.8 Å². The molecular weight excluding hydrogens is 244 g/mol. The van der Waals surface area contributed by atoms with Crippen LogP contribution in [0.1, 0.15) is 53.4 Å². The molecule has 2 fully saturated rings. The lowest BCUT2D eigenvalue weighted by molar-refractivity contribution is -0.181. The molecule has 0 N–H and O–H groups in total. The van der Waals surface area contributed by atoms with Crippen molar-refractivity contribution in [3.05, 3.63) is 0 Å². The van der Waals surface area contributed by atoms with E-state index < -0.39 is 0 Å². The molecule has 2 aliphatic rings. The minimum absolute atomic E-state index is 0.0526. The molecule has 2 saturated heterocycles. The fourth-order valence-corrected chi connectivity index (χ4v) is 4.79. The molecule has 0 saturated carbocycles. The maximum atomic E-state index is 6.24. The van der Waals surface area contributed by atoms with Gasteiger partial charge in [-0.2, -0.15) is 0 Å². The van der Waals surface area contributed by atoms with Crippen LogP contribution in [0.2, 0.25) is 0 Å². The van der Waals surface area contributed by atoms with Gasteiger partial charge in [0, 0.05) is 11.9 Å². The van der Waals surface area contributed by atoms with E-state index in [2.05, 4.69) is 27.7 Å². The number of hydrogen-bond donors (Lipinski definition) is 0. The smallest absolute Gasteiger partial charge is 0.159 e. The van der Waals surface area contributed by atoms with E-state index in [0.29, 0.717) is 11.4 Å². The molecule has 0 aliphatic carbocycles. The third kappa shape index (κ3) is 3.23. The zero-order chi connectivity index (χ0) is 13.1. The van der Waals surface area contributed by atoms with Crippen molar-refractivity contribution < 1.29 is 9.47 Å². The lowest BCUT2D eigenvalue weighted by atomic mass is 9.82. The Kier molecular flexibility index (Phi) is 5.40. The standard InChI is InChI=1S/C15H28O2S/c1-5-13-11(3)10(2)12(4)15(18-13)17-14-8-6-7-9-16-14/h10-15H,5-9H2,1-4H3/t10-,11-,12+,13+,14?,15?/m0/s1. The summed E-state index contributed by atoms with van der Waals surface area (Å²) in [5.41, 5.74) is 0.323. The van der Waals surface area contributed by atoms with Crippen molar-refractivity contribution in [2.24, 2.45) is 17.8 Å². The fraction of sp³-hybridized carbons (Fsp3) is 1.00. The molecule has 0 radical (unpaired) electrons. The summed E-state index contributed by atoms with van der Waals surface area (Å²) in [6.07, 6.45) is 4.81. The highest BCUT2D eigenvalue weighted by Gasteiger charge is 2.39. The van der Waals surface area contributed by atoms with Crippen molar-refractivity contribution in [2.75, 3.05) is 6.61 Å². The van der Waals surface area contributed by atoms with E-state index in [0.717, 1.165) is 30.1 Å². The molecule has 2 heterocycles. The maximum absolute atomic E-state index is 6.24. The summed E-state index contributed by atoms with van der Waals surface area (Å²) in [6, 6.07) is 0. The van der Waals surface area contributed by atoms with Crippen LogP contribution in [0.3, 0.4) is 0 Å². The summed E-state index contributed by atoms with van der Waals surface area (Å²) in [6.45, 7) is 10.3. The number of hydrogen-bond acceptors (Lipinski definition) is 3. The van der Waals surface area contributed by atoms with Gasteiger partial charge < -0.3 is 9.47 Å². The first-order chi connectivity index (χ1) is 8.63. The predicted molar refractivity (Wildman–Crippen MR) is 77.6 cm³/mol. The summed E-state index contributed by atoms with van der Waals surface area (Å²) in [7, 11) is 0. The molecule has 6 atom stereocenters. The molecule has 2 aliphatic heterocycles. The van der Waals surface area contributed by atoms with Gasteiger partial charge in [0.15, 0.2) is 6.29 Å². The summed E-state index contributed by atoms with van der Waals surface area (Å²) in [5, 5.41) is 0.741. The van der Waals surface area contributed by atoms with Crippen molar-refractivity contribution >= 4 is 11.8 Å². The second-order valence-electron chi connectivity index (χ2n) is 5.96. The highest BCUT2D eigenvalue weighted by atomic mass is 32.2. The molecule has 106 valence electrons. The maximum Gasteiger partial charge on any atom is 0.159 e. The van der Waals surface area contributed by atoms with Gasteiger partial charge in [0.1, 0.15) is 5.44 Å². The molecule has 2 nitrogen and oxygen atoms in total. The van der Waals surface area contributed by atoms with Gasteiger partial charge in [-0.3, -0.25) is 0 Å². The number of rotatable bonds is 3. The number of thioether (sulfide) groups is 1. The van der Waals surface area contributed by atoms with Crippen LogP contribution in [0.25, 0.3) is 0 Å². The van der Waals surface area contributed by atoms with Gasteiger partial charge in [0.25, 0.3) is 0 Å². The zero-order valence-electron chi connectivity index (χ0n) is 12.2. The van der Waals surface area contributed by atoms with Crippen LogP contribution in [0.4, 0.5) is 0 Å². The van der Waals surface area contributed by atoms with Crippen molar-refractivity contribution in [1.29, 1.82) is 0 Å². The Morgan fingerprint density at radius 3 is 2.50 bits per heavy atom.